The van der Waals surface area contributed by atoms with E-state index in [0.29, 0.717) is 5.41 Å². The third-order valence-corrected chi connectivity index (χ3v) is 3.97. The molecule has 1 aliphatic carbocycles. The van der Waals surface area contributed by atoms with Crippen LogP contribution in [0.4, 0.5) is 0 Å². The summed E-state index contributed by atoms with van der Waals surface area (Å²) in [5.41, 5.74) is 1.92. The summed E-state index contributed by atoms with van der Waals surface area (Å²) in [4.78, 5) is 0. The van der Waals surface area contributed by atoms with Gasteiger partial charge in [-0.3, -0.25) is 0 Å². The predicted octanol–water partition coefficient (Wildman–Crippen LogP) is 3.63. The zero-order valence-corrected chi connectivity index (χ0v) is 8.28. The van der Waals surface area contributed by atoms with Gasteiger partial charge in [0.05, 0.1) is 0 Å². The Balaban J connectivity index is 2.72. The Morgan fingerprint density at radius 3 is 2.45 bits per heavy atom. The zero-order chi connectivity index (χ0) is 8.65. The Bertz CT molecular complexity index is 169. The van der Waals surface area contributed by atoms with Crippen molar-refractivity contribution in [3.05, 3.63) is 12.2 Å². The molecule has 0 aromatic carbocycles. The summed E-state index contributed by atoms with van der Waals surface area (Å²) in [6.07, 6.45) is 2.53. The number of rotatable bonds is 2. The SMILES string of the molecule is C=C1CC(C)C1(C)C(C)CC. The molecule has 0 bridgehead atoms. The first kappa shape index (κ1) is 8.83. The summed E-state index contributed by atoms with van der Waals surface area (Å²) in [7, 11) is 0. The second-order valence-electron chi connectivity index (χ2n) is 4.30. The van der Waals surface area contributed by atoms with Crippen LogP contribution in [-0.2, 0) is 0 Å². The van der Waals surface area contributed by atoms with Crippen LogP contribution in [0.3, 0.4) is 0 Å². The average Bonchev–Trinajstić information content (AvgIpc) is 2.02. The minimum absolute atomic E-state index is 0.453. The summed E-state index contributed by atoms with van der Waals surface area (Å²) < 4.78 is 0. The minimum atomic E-state index is 0.453. The molecule has 0 aromatic heterocycles. The molecule has 0 aliphatic heterocycles. The van der Waals surface area contributed by atoms with E-state index in [0.717, 1.165) is 11.8 Å². The number of allylic oxidation sites excluding steroid dienone is 1. The minimum Gasteiger partial charge on any atom is -0.0993 e. The zero-order valence-electron chi connectivity index (χ0n) is 8.28. The van der Waals surface area contributed by atoms with Crippen molar-refractivity contribution >= 4 is 0 Å². The molecule has 64 valence electrons. The molecule has 1 aliphatic rings. The Morgan fingerprint density at radius 1 is 1.73 bits per heavy atom. The van der Waals surface area contributed by atoms with Gasteiger partial charge in [-0.2, -0.15) is 0 Å². The van der Waals surface area contributed by atoms with Crippen molar-refractivity contribution in [2.45, 2.75) is 40.5 Å². The third kappa shape index (κ3) is 1.04. The molecule has 0 amide bonds. The van der Waals surface area contributed by atoms with Crippen molar-refractivity contribution in [2.75, 3.05) is 0 Å². The van der Waals surface area contributed by atoms with Crippen molar-refractivity contribution in [2.24, 2.45) is 17.3 Å². The van der Waals surface area contributed by atoms with E-state index in [1.165, 1.54) is 18.4 Å². The maximum atomic E-state index is 4.13. The topological polar surface area (TPSA) is 0 Å². The predicted molar refractivity (Wildman–Crippen MR) is 50.5 cm³/mol. The fraction of sp³-hybridized carbons (Fsp3) is 0.818. The van der Waals surface area contributed by atoms with E-state index in [9.17, 15) is 0 Å². The quantitative estimate of drug-likeness (QED) is 0.530. The maximum Gasteiger partial charge on any atom is -0.00648 e. The molecule has 1 saturated carbocycles. The van der Waals surface area contributed by atoms with Gasteiger partial charge in [-0.15, -0.1) is 0 Å². The van der Waals surface area contributed by atoms with Crippen LogP contribution in [0.1, 0.15) is 40.5 Å². The van der Waals surface area contributed by atoms with Gasteiger partial charge in [0.25, 0.3) is 0 Å². The molecule has 3 unspecified atom stereocenters. The lowest BCUT2D eigenvalue weighted by Gasteiger charge is -2.52. The van der Waals surface area contributed by atoms with E-state index in [-0.39, 0.29) is 0 Å². The van der Waals surface area contributed by atoms with Crippen molar-refractivity contribution in [1.29, 1.82) is 0 Å². The lowest BCUT2D eigenvalue weighted by Crippen LogP contribution is -2.43. The van der Waals surface area contributed by atoms with E-state index >= 15 is 0 Å². The van der Waals surface area contributed by atoms with Crippen molar-refractivity contribution in [3.63, 3.8) is 0 Å². The Labute approximate surface area is 70.7 Å². The first-order chi connectivity index (χ1) is 5.03. The molecule has 0 radical (unpaired) electrons. The second kappa shape index (κ2) is 2.66. The molecule has 0 spiro atoms. The van der Waals surface area contributed by atoms with Crippen molar-refractivity contribution < 1.29 is 0 Å². The van der Waals surface area contributed by atoms with Gasteiger partial charge in [-0.1, -0.05) is 46.3 Å². The summed E-state index contributed by atoms with van der Waals surface area (Å²) in [5.74, 6) is 1.66. The van der Waals surface area contributed by atoms with Gasteiger partial charge in [-0.05, 0) is 23.7 Å². The lowest BCUT2D eigenvalue weighted by molar-refractivity contribution is 0.0843. The molecule has 11 heavy (non-hydrogen) atoms. The number of hydrogen-bond acceptors (Lipinski definition) is 0. The molecule has 1 rings (SSSR count). The van der Waals surface area contributed by atoms with Crippen LogP contribution in [-0.4, -0.2) is 0 Å². The fourth-order valence-electron chi connectivity index (χ4n) is 2.28. The molecule has 0 nitrogen and oxygen atoms in total. The lowest BCUT2D eigenvalue weighted by atomic mass is 9.53. The van der Waals surface area contributed by atoms with Gasteiger partial charge < -0.3 is 0 Å². The van der Waals surface area contributed by atoms with Gasteiger partial charge in [0.2, 0.25) is 0 Å². The van der Waals surface area contributed by atoms with Crippen LogP contribution in [0.5, 0.6) is 0 Å². The summed E-state index contributed by atoms with van der Waals surface area (Å²) in [5, 5.41) is 0. The highest BCUT2D eigenvalue weighted by atomic mass is 14.5. The third-order valence-electron chi connectivity index (χ3n) is 3.97. The van der Waals surface area contributed by atoms with Crippen LogP contribution < -0.4 is 0 Å². The molecule has 3 atom stereocenters. The standard InChI is InChI=1S/C11H20/c1-6-8(2)11(5)9(3)7-10(11)4/h8,10H,3,6-7H2,1-2,4-5H3. The maximum absolute atomic E-state index is 4.13. The molecular weight excluding hydrogens is 132 g/mol. The first-order valence-corrected chi connectivity index (χ1v) is 4.71. The molecule has 1 fully saturated rings. The highest BCUT2D eigenvalue weighted by molar-refractivity contribution is 5.22. The highest BCUT2D eigenvalue weighted by Gasteiger charge is 2.46. The van der Waals surface area contributed by atoms with Gasteiger partial charge >= 0.3 is 0 Å². The molecule has 0 aromatic rings. The van der Waals surface area contributed by atoms with E-state index in [2.05, 4.69) is 34.3 Å². The second-order valence-corrected chi connectivity index (χ2v) is 4.30. The summed E-state index contributed by atoms with van der Waals surface area (Å²) >= 11 is 0. The van der Waals surface area contributed by atoms with Crippen molar-refractivity contribution in [1.82, 2.24) is 0 Å². The van der Waals surface area contributed by atoms with Gasteiger partial charge in [-0.25, -0.2) is 0 Å². The van der Waals surface area contributed by atoms with Gasteiger partial charge in [0.1, 0.15) is 0 Å². The number of hydrogen-bond donors (Lipinski definition) is 0. The van der Waals surface area contributed by atoms with Crippen molar-refractivity contribution in [3.8, 4) is 0 Å². The van der Waals surface area contributed by atoms with Crippen LogP contribution in [0.25, 0.3) is 0 Å². The molecular formula is C11H20. The van der Waals surface area contributed by atoms with Crippen LogP contribution in [0, 0.1) is 17.3 Å². The van der Waals surface area contributed by atoms with Gasteiger partial charge in [0.15, 0.2) is 0 Å². The molecule has 0 heteroatoms. The normalized spacial score (nSPS) is 40.0. The van der Waals surface area contributed by atoms with E-state index in [1.807, 2.05) is 0 Å². The van der Waals surface area contributed by atoms with Crippen LogP contribution >= 0.6 is 0 Å². The first-order valence-electron chi connectivity index (χ1n) is 4.71. The average molecular weight is 152 g/mol. The smallest absolute Gasteiger partial charge is 0.00648 e. The Hall–Kier alpha value is -0.260. The largest absolute Gasteiger partial charge is 0.0993 e. The van der Waals surface area contributed by atoms with E-state index < -0.39 is 0 Å². The van der Waals surface area contributed by atoms with E-state index in [4.69, 9.17) is 0 Å². The molecule has 0 N–H and O–H groups in total. The van der Waals surface area contributed by atoms with Crippen LogP contribution in [0.15, 0.2) is 12.2 Å². The van der Waals surface area contributed by atoms with Crippen LogP contribution in [0.2, 0.25) is 0 Å². The summed E-state index contributed by atoms with van der Waals surface area (Å²) in [6.45, 7) is 13.5. The highest BCUT2D eigenvalue weighted by Crippen LogP contribution is 2.55. The summed E-state index contributed by atoms with van der Waals surface area (Å²) in [6, 6.07) is 0. The van der Waals surface area contributed by atoms with E-state index in [1.54, 1.807) is 0 Å². The Kier molecular flexibility index (Phi) is 2.13. The fourth-order valence-corrected chi connectivity index (χ4v) is 2.28. The monoisotopic (exact) mass is 152 g/mol. The van der Waals surface area contributed by atoms with Gasteiger partial charge in [0, 0.05) is 0 Å². The molecule has 0 saturated heterocycles. The Morgan fingerprint density at radius 2 is 2.27 bits per heavy atom. The molecule has 0 heterocycles.